The number of carbonyl (C=O) groups is 2. The van der Waals surface area contributed by atoms with Crippen molar-refractivity contribution < 1.29 is 9.59 Å². The highest BCUT2D eigenvalue weighted by Crippen LogP contribution is 2.14. The Morgan fingerprint density at radius 2 is 1.50 bits per heavy atom. The third kappa shape index (κ3) is 4.07. The summed E-state index contributed by atoms with van der Waals surface area (Å²) in [6, 6.07) is 6.76. The third-order valence-electron chi connectivity index (χ3n) is 2.15. The van der Waals surface area contributed by atoms with Crippen LogP contribution in [0.4, 0.5) is 0 Å². The lowest BCUT2D eigenvalue weighted by Gasteiger charge is -2.19. The van der Waals surface area contributed by atoms with Gasteiger partial charge >= 0.3 is 0 Å². The van der Waals surface area contributed by atoms with E-state index in [1.54, 1.807) is 24.3 Å². The zero-order chi connectivity index (χ0) is 13.5. The second-order valence-electron chi connectivity index (χ2n) is 3.41. The van der Waals surface area contributed by atoms with E-state index in [4.69, 9.17) is 11.6 Å². The minimum Gasteiger partial charge on any atom is -0.328 e. The fourth-order valence-electron chi connectivity index (χ4n) is 1.26. The highest BCUT2D eigenvalue weighted by Gasteiger charge is 2.14. The van der Waals surface area contributed by atoms with E-state index in [9.17, 15) is 9.59 Å². The average Bonchev–Trinajstić information content (AvgIpc) is 2.38. The van der Waals surface area contributed by atoms with E-state index >= 15 is 0 Å². The lowest BCUT2D eigenvalue weighted by Crippen LogP contribution is -2.39. The summed E-state index contributed by atoms with van der Waals surface area (Å²) in [5, 5.41) is 5.75. The first-order chi connectivity index (χ1) is 8.56. The molecule has 0 bridgehead atoms. The van der Waals surface area contributed by atoms with Crippen LogP contribution in [0.3, 0.4) is 0 Å². The zero-order valence-corrected chi connectivity index (χ0v) is 10.4. The monoisotopic (exact) mass is 264 g/mol. The smallest absolute Gasteiger partial charge is 0.245 e. The summed E-state index contributed by atoms with van der Waals surface area (Å²) < 4.78 is 0. The van der Waals surface area contributed by atoms with Crippen LogP contribution in [0.25, 0.3) is 0 Å². The number of hydrogen-bond donors (Lipinski definition) is 2. The van der Waals surface area contributed by atoms with Gasteiger partial charge in [0.15, 0.2) is 0 Å². The first kappa shape index (κ1) is 14.0. The van der Waals surface area contributed by atoms with E-state index in [1.807, 2.05) is 0 Å². The van der Waals surface area contributed by atoms with Crippen molar-refractivity contribution in [2.24, 2.45) is 0 Å². The van der Waals surface area contributed by atoms with Crippen LogP contribution in [-0.4, -0.2) is 11.8 Å². The Morgan fingerprint density at radius 1 is 1.06 bits per heavy atom. The van der Waals surface area contributed by atoms with Crippen LogP contribution >= 0.6 is 11.6 Å². The summed E-state index contributed by atoms with van der Waals surface area (Å²) in [6.45, 7) is 6.71. The molecule has 0 radical (unpaired) electrons. The molecule has 0 saturated heterocycles. The van der Waals surface area contributed by atoms with E-state index in [2.05, 4.69) is 23.8 Å². The summed E-state index contributed by atoms with van der Waals surface area (Å²) in [4.78, 5) is 22.6. The van der Waals surface area contributed by atoms with Gasteiger partial charge in [-0.2, -0.15) is 0 Å². The number of amides is 2. The molecule has 4 nitrogen and oxygen atoms in total. The van der Waals surface area contributed by atoms with Crippen LogP contribution in [0.5, 0.6) is 0 Å². The van der Waals surface area contributed by atoms with E-state index in [0.717, 1.165) is 12.2 Å². The van der Waals surface area contributed by atoms with Gasteiger partial charge in [-0.25, -0.2) is 0 Å². The van der Waals surface area contributed by atoms with Crippen LogP contribution in [0.2, 0.25) is 5.02 Å². The van der Waals surface area contributed by atoms with Crippen LogP contribution in [0.15, 0.2) is 49.6 Å². The molecule has 2 amide bonds. The fraction of sp³-hybridized carbons (Fsp3) is 0.0769. The molecule has 5 heteroatoms. The standard InChI is InChI=1S/C13H13ClN2O2/c1-3-11(17)15-13(16-12(18)4-2)9-5-7-10(14)8-6-9/h3-8,13H,1-2H2,(H,15,17)(H,16,18). The molecular weight excluding hydrogens is 252 g/mol. The van der Waals surface area contributed by atoms with Crippen molar-refractivity contribution in [3.63, 3.8) is 0 Å². The van der Waals surface area contributed by atoms with E-state index in [1.165, 1.54) is 0 Å². The van der Waals surface area contributed by atoms with Gasteiger partial charge in [0, 0.05) is 5.02 Å². The number of rotatable bonds is 5. The number of halogens is 1. The van der Waals surface area contributed by atoms with Crippen molar-refractivity contribution in [1.82, 2.24) is 10.6 Å². The Balaban J connectivity index is 2.91. The fourth-order valence-corrected chi connectivity index (χ4v) is 1.39. The molecule has 0 atom stereocenters. The Morgan fingerprint density at radius 3 is 1.89 bits per heavy atom. The van der Waals surface area contributed by atoms with Crippen LogP contribution < -0.4 is 10.6 Å². The lowest BCUT2D eigenvalue weighted by atomic mass is 10.1. The van der Waals surface area contributed by atoms with Gasteiger partial charge in [-0.15, -0.1) is 0 Å². The lowest BCUT2D eigenvalue weighted by molar-refractivity contribution is -0.119. The first-order valence-electron chi connectivity index (χ1n) is 5.18. The molecule has 0 aliphatic rings. The van der Waals surface area contributed by atoms with E-state index in [0.29, 0.717) is 10.6 Å². The van der Waals surface area contributed by atoms with Gasteiger partial charge in [0.1, 0.15) is 6.17 Å². The molecule has 1 aromatic rings. The predicted molar refractivity (Wildman–Crippen MR) is 70.9 cm³/mol. The Kier molecular flexibility index (Phi) is 5.14. The molecule has 0 aliphatic heterocycles. The Labute approximate surface area is 110 Å². The summed E-state index contributed by atoms with van der Waals surface area (Å²) in [6.07, 6.45) is 1.60. The van der Waals surface area contributed by atoms with Gasteiger partial charge < -0.3 is 10.6 Å². The van der Waals surface area contributed by atoms with Crippen LogP contribution in [0.1, 0.15) is 11.7 Å². The largest absolute Gasteiger partial charge is 0.328 e. The molecule has 2 N–H and O–H groups in total. The van der Waals surface area contributed by atoms with Gasteiger partial charge in [-0.3, -0.25) is 9.59 Å². The van der Waals surface area contributed by atoms with E-state index < -0.39 is 6.17 Å². The summed E-state index contributed by atoms with van der Waals surface area (Å²) >= 11 is 5.78. The highest BCUT2D eigenvalue weighted by atomic mass is 35.5. The van der Waals surface area contributed by atoms with Gasteiger partial charge in [0.25, 0.3) is 0 Å². The molecule has 0 spiro atoms. The number of nitrogens with one attached hydrogen (secondary N) is 2. The van der Waals surface area contributed by atoms with Crippen molar-refractivity contribution in [3.05, 3.63) is 60.2 Å². The molecule has 94 valence electrons. The van der Waals surface area contributed by atoms with Gasteiger partial charge in [0.05, 0.1) is 0 Å². The number of benzene rings is 1. The van der Waals surface area contributed by atoms with Crippen molar-refractivity contribution in [3.8, 4) is 0 Å². The molecule has 0 fully saturated rings. The van der Waals surface area contributed by atoms with Crippen molar-refractivity contribution in [2.75, 3.05) is 0 Å². The first-order valence-corrected chi connectivity index (χ1v) is 5.56. The predicted octanol–water partition coefficient (Wildman–Crippen LogP) is 1.94. The average molecular weight is 265 g/mol. The molecule has 0 unspecified atom stereocenters. The van der Waals surface area contributed by atoms with Crippen LogP contribution in [-0.2, 0) is 9.59 Å². The molecule has 1 rings (SSSR count). The van der Waals surface area contributed by atoms with E-state index in [-0.39, 0.29) is 11.8 Å². The number of hydrogen-bond acceptors (Lipinski definition) is 2. The molecule has 0 heterocycles. The number of carbonyl (C=O) groups excluding carboxylic acids is 2. The zero-order valence-electron chi connectivity index (χ0n) is 9.65. The molecular formula is C13H13ClN2O2. The Bertz CT molecular complexity index is 446. The quantitative estimate of drug-likeness (QED) is 0.631. The second-order valence-corrected chi connectivity index (χ2v) is 3.85. The van der Waals surface area contributed by atoms with Gasteiger partial charge in [0.2, 0.25) is 11.8 Å². The van der Waals surface area contributed by atoms with Crippen molar-refractivity contribution in [2.45, 2.75) is 6.17 Å². The molecule has 0 aliphatic carbocycles. The summed E-state index contributed by atoms with van der Waals surface area (Å²) in [7, 11) is 0. The summed E-state index contributed by atoms with van der Waals surface area (Å²) in [5.41, 5.74) is 0.699. The molecule has 0 saturated carbocycles. The molecule has 0 aromatic heterocycles. The van der Waals surface area contributed by atoms with Crippen LogP contribution in [0, 0.1) is 0 Å². The second kappa shape index (κ2) is 6.61. The summed E-state index contributed by atoms with van der Waals surface area (Å²) in [5.74, 6) is -0.779. The van der Waals surface area contributed by atoms with Crippen molar-refractivity contribution in [1.29, 1.82) is 0 Å². The SMILES string of the molecule is C=CC(=O)NC(NC(=O)C=C)c1ccc(Cl)cc1. The van der Waals surface area contributed by atoms with Gasteiger partial charge in [-0.05, 0) is 29.8 Å². The maximum Gasteiger partial charge on any atom is 0.245 e. The Hall–Kier alpha value is -2.07. The molecule has 1 aromatic carbocycles. The minimum atomic E-state index is -0.654. The minimum absolute atomic E-state index is 0.390. The highest BCUT2D eigenvalue weighted by molar-refractivity contribution is 6.30. The topological polar surface area (TPSA) is 58.2 Å². The maximum atomic E-state index is 11.3. The third-order valence-corrected chi connectivity index (χ3v) is 2.40. The van der Waals surface area contributed by atoms with Crippen molar-refractivity contribution >= 4 is 23.4 Å². The normalized spacial score (nSPS) is 9.67. The maximum absolute atomic E-state index is 11.3. The molecule has 18 heavy (non-hydrogen) atoms. The van der Waals surface area contributed by atoms with Gasteiger partial charge in [-0.1, -0.05) is 36.9 Å².